The van der Waals surface area contributed by atoms with Gasteiger partial charge in [-0.2, -0.15) is 0 Å². The van der Waals surface area contributed by atoms with Crippen molar-refractivity contribution < 1.29 is 4.74 Å². The summed E-state index contributed by atoms with van der Waals surface area (Å²) in [5, 5.41) is 0. The van der Waals surface area contributed by atoms with Crippen molar-refractivity contribution in [2.24, 2.45) is 5.84 Å². The van der Waals surface area contributed by atoms with E-state index in [1.807, 2.05) is 31.2 Å². The first-order chi connectivity index (χ1) is 8.76. The molecule has 18 heavy (non-hydrogen) atoms. The van der Waals surface area contributed by atoms with Crippen molar-refractivity contribution in [1.82, 2.24) is 15.4 Å². The van der Waals surface area contributed by atoms with E-state index >= 15 is 0 Å². The highest BCUT2D eigenvalue weighted by Gasteiger charge is 2.18. The van der Waals surface area contributed by atoms with Gasteiger partial charge in [0, 0.05) is 11.8 Å². The summed E-state index contributed by atoms with van der Waals surface area (Å²) in [6, 6.07) is 7.56. The summed E-state index contributed by atoms with van der Waals surface area (Å²) < 4.78 is 5.37. The molecule has 5 nitrogen and oxygen atoms in total. The molecule has 1 unspecified atom stereocenters. The fraction of sp³-hybridized carbons (Fsp3) is 0.231. The van der Waals surface area contributed by atoms with Crippen LogP contribution >= 0.6 is 0 Å². The van der Waals surface area contributed by atoms with Crippen LogP contribution in [0.25, 0.3) is 0 Å². The van der Waals surface area contributed by atoms with Gasteiger partial charge >= 0.3 is 0 Å². The summed E-state index contributed by atoms with van der Waals surface area (Å²) in [4.78, 5) is 8.13. The average Bonchev–Trinajstić information content (AvgIpc) is 2.41. The van der Waals surface area contributed by atoms with Crippen LogP contribution in [0.5, 0.6) is 5.75 Å². The molecule has 1 heterocycles. The fourth-order valence-corrected chi connectivity index (χ4v) is 1.89. The van der Waals surface area contributed by atoms with Crippen LogP contribution in [0.15, 0.2) is 36.8 Å². The smallest absolute Gasteiger partial charge is 0.124 e. The van der Waals surface area contributed by atoms with Gasteiger partial charge in [0.15, 0.2) is 0 Å². The monoisotopic (exact) mass is 244 g/mol. The maximum atomic E-state index is 5.64. The maximum Gasteiger partial charge on any atom is 0.124 e. The van der Waals surface area contributed by atoms with Gasteiger partial charge in [-0.1, -0.05) is 17.7 Å². The lowest BCUT2D eigenvalue weighted by atomic mass is 10.0. The zero-order valence-corrected chi connectivity index (χ0v) is 10.4. The number of hydrogen-bond donors (Lipinski definition) is 2. The Bertz CT molecular complexity index is 516. The molecule has 2 aromatic rings. The van der Waals surface area contributed by atoms with Crippen molar-refractivity contribution in [2.75, 3.05) is 7.11 Å². The quantitative estimate of drug-likeness (QED) is 0.627. The summed E-state index contributed by atoms with van der Waals surface area (Å²) in [6.07, 6.45) is 3.19. The van der Waals surface area contributed by atoms with Crippen LogP contribution in [0, 0.1) is 6.92 Å². The van der Waals surface area contributed by atoms with E-state index in [0.717, 1.165) is 22.6 Å². The molecule has 0 aliphatic rings. The molecule has 0 fully saturated rings. The van der Waals surface area contributed by atoms with Crippen LogP contribution in [-0.4, -0.2) is 17.1 Å². The van der Waals surface area contributed by atoms with Crippen molar-refractivity contribution in [3.05, 3.63) is 53.6 Å². The number of aromatic nitrogens is 2. The summed E-state index contributed by atoms with van der Waals surface area (Å²) in [7, 11) is 1.64. The molecule has 1 aromatic heterocycles. The van der Waals surface area contributed by atoms with E-state index in [9.17, 15) is 0 Å². The first kappa shape index (κ1) is 12.5. The van der Waals surface area contributed by atoms with Crippen LogP contribution in [0.4, 0.5) is 0 Å². The molecule has 0 aliphatic heterocycles. The Labute approximate surface area is 106 Å². The third-order valence-electron chi connectivity index (χ3n) is 2.76. The first-order valence-corrected chi connectivity index (χ1v) is 5.63. The molecule has 0 spiro atoms. The Kier molecular flexibility index (Phi) is 3.86. The second-order valence-corrected chi connectivity index (χ2v) is 3.98. The highest BCUT2D eigenvalue weighted by Crippen LogP contribution is 2.29. The van der Waals surface area contributed by atoms with Gasteiger partial charge in [0.05, 0.1) is 18.8 Å². The van der Waals surface area contributed by atoms with E-state index in [4.69, 9.17) is 10.6 Å². The maximum absolute atomic E-state index is 5.64. The van der Waals surface area contributed by atoms with Crippen LogP contribution in [0.1, 0.15) is 22.9 Å². The van der Waals surface area contributed by atoms with Gasteiger partial charge < -0.3 is 4.74 Å². The minimum absolute atomic E-state index is 0.220. The average molecular weight is 244 g/mol. The molecule has 1 aromatic carbocycles. The number of aryl methyl sites for hydroxylation is 1. The molecular formula is C13H16N4O. The van der Waals surface area contributed by atoms with Gasteiger partial charge in [-0.15, -0.1) is 0 Å². The van der Waals surface area contributed by atoms with Gasteiger partial charge in [0.25, 0.3) is 0 Å². The molecule has 0 amide bonds. The number of hydrogen-bond acceptors (Lipinski definition) is 5. The molecule has 2 rings (SSSR count). The second kappa shape index (κ2) is 5.57. The summed E-state index contributed by atoms with van der Waals surface area (Å²) >= 11 is 0. The van der Waals surface area contributed by atoms with Crippen molar-refractivity contribution in [3.8, 4) is 5.75 Å². The van der Waals surface area contributed by atoms with Crippen molar-refractivity contribution in [1.29, 1.82) is 0 Å². The molecule has 94 valence electrons. The zero-order chi connectivity index (χ0) is 13.0. The van der Waals surface area contributed by atoms with E-state index in [0.29, 0.717) is 0 Å². The minimum Gasteiger partial charge on any atom is -0.496 e. The number of nitrogens with one attached hydrogen (secondary N) is 1. The van der Waals surface area contributed by atoms with E-state index in [2.05, 4.69) is 15.4 Å². The molecular weight excluding hydrogens is 228 g/mol. The molecule has 0 saturated carbocycles. The SMILES string of the molecule is COc1ccc(C)cc1C(NN)c1ccncn1. The van der Waals surface area contributed by atoms with E-state index < -0.39 is 0 Å². The van der Waals surface area contributed by atoms with E-state index in [1.54, 1.807) is 13.3 Å². The predicted molar refractivity (Wildman–Crippen MR) is 68.9 cm³/mol. The summed E-state index contributed by atoms with van der Waals surface area (Å²) in [5.41, 5.74) is 5.66. The predicted octanol–water partition coefficient (Wildman–Crippen LogP) is 1.35. The molecule has 0 bridgehead atoms. The topological polar surface area (TPSA) is 73.1 Å². The Balaban J connectivity index is 2.48. The van der Waals surface area contributed by atoms with Crippen molar-refractivity contribution in [3.63, 3.8) is 0 Å². The molecule has 1 atom stereocenters. The van der Waals surface area contributed by atoms with Crippen LogP contribution in [-0.2, 0) is 0 Å². The van der Waals surface area contributed by atoms with E-state index in [1.165, 1.54) is 6.33 Å². The molecule has 0 aliphatic carbocycles. The largest absolute Gasteiger partial charge is 0.496 e. The number of hydrazine groups is 1. The number of rotatable bonds is 4. The van der Waals surface area contributed by atoms with Crippen molar-refractivity contribution in [2.45, 2.75) is 13.0 Å². The molecule has 0 radical (unpaired) electrons. The Morgan fingerprint density at radius 2 is 2.17 bits per heavy atom. The summed E-state index contributed by atoms with van der Waals surface area (Å²) in [6.45, 7) is 2.02. The minimum atomic E-state index is -0.220. The Morgan fingerprint density at radius 3 is 2.78 bits per heavy atom. The number of benzene rings is 1. The van der Waals surface area contributed by atoms with Crippen molar-refractivity contribution >= 4 is 0 Å². The van der Waals surface area contributed by atoms with Gasteiger partial charge in [0.2, 0.25) is 0 Å². The standard InChI is InChI=1S/C13H16N4O/c1-9-3-4-12(18-2)10(7-9)13(17-14)11-5-6-15-8-16-11/h3-8,13,17H,14H2,1-2H3. The van der Waals surface area contributed by atoms with Crippen LogP contribution in [0.2, 0.25) is 0 Å². The number of ether oxygens (including phenoxy) is 1. The van der Waals surface area contributed by atoms with Gasteiger partial charge in [0.1, 0.15) is 12.1 Å². The van der Waals surface area contributed by atoms with Gasteiger partial charge in [-0.25, -0.2) is 15.4 Å². The van der Waals surface area contributed by atoms with Gasteiger partial charge in [-0.05, 0) is 19.1 Å². The third-order valence-corrected chi connectivity index (χ3v) is 2.76. The molecule has 0 saturated heterocycles. The second-order valence-electron chi connectivity index (χ2n) is 3.98. The lowest BCUT2D eigenvalue weighted by molar-refractivity contribution is 0.403. The lowest BCUT2D eigenvalue weighted by Crippen LogP contribution is -2.30. The van der Waals surface area contributed by atoms with Crippen LogP contribution in [0.3, 0.4) is 0 Å². The normalized spacial score (nSPS) is 12.2. The number of nitrogens with two attached hydrogens (primary N) is 1. The van der Waals surface area contributed by atoms with Crippen LogP contribution < -0.4 is 16.0 Å². The van der Waals surface area contributed by atoms with Gasteiger partial charge in [-0.3, -0.25) is 5.84 Å². The Morgan fingerprint density at radius 1 is 1.33 bits per heavy atom. The highest BCUT2D eigenvalue weighted by atomic mass is 16.5. The van der Waals surface area contributed by atoms with E-state index in [-0.39, 0.29) is 6.04 Å². The summed E-state index contributed by atoms with van der Waals surface area (Å²) in [5.74, 6) is 6.42. The zero-order valence-electron chi connectivity index (χ0n) is 10.4. The fourth-order valence-electron chi connectivity index (χ4n) is 1.89. The molecule has 5 heteroatoms. The third kappa shape index (κ3) is 2.47. The first-order valence-electron chi connectivity index (χ1n) is 5.63. The Hall–Kier alpha value is -1.98. The number of methoxy groups -OCH3 is 1. The molecule has 3 N–H and O–H groups in total. The number of nitrogens with zero attached hydrogens (tertiary/aromatic N) is 2. The lowest BCUT2D eigenvalue weighted by Gasteiger charge is -2.19. The highest BCUT2D eigenvalue weighted by molar-refractivity contribution is 5.42.